The lowest BCUT2D eigenvalue weighted by molar-refractivity contribution is 0.312. The Kier molecular flexibility index (Phi) is 5.43. The smallest absolute Gasteiger partial charge is 0.254 e. The molecular weight excluding hydrogens is 436 g/mol. The molecule has 2 aliphatic rings. The number of pyridine rings is 1. The first-order chi connectivity index (χ1) is 17.0. The van der Waals surface area contributed by atoms with Gasteiger partial charge in [0.25, 0.3) is 5.56 Å². The summed E-state index contributed by atoms with van der Waals surface area (Å²) in [6, 6.07) is 14.9. The summed E-state index contributed by atoms with van der Waals surface area (Å²) in [7, 11) is 0. The Morgan fingerprint density at radius 1 is 1.06 bits per heavy atom. The van der Waals surface area contributed by atoms with Crippen molar-refractivity contribution in [2.24, 2.45) is 0 Å². The van der Waals surface area contributed by atoms with Crippen LogP contribution in [-0.2, 0) is 6.42 Å². The highest BCUT2D eigenvalue weighted by molar-refractivity contribution is 5.83. The molecule has 3 heterocycles. The third-order valence-corrected chi connectivity index (χ3v) is 7.86. The van der Waals surface area contributed by atoms with Gasteiger partial charge in [-0.2, -0.15) is 0 Å². The normalized spacial score (nSPS) is 19.3. The quantitative estimate of drug-likeness (QED) is 0.447. The molecule has 7 heteroatoms. The van der Waals surface area contributed by atoms with Crippen LogP contribution in [-0.4, -0.2) is 31.2 Å². The van der Waals surface area contributed by atoms with E-state index < -0.39 is 0 Å². The van der Waals surface area contributed by atoms with E-state index in [-0.39, 0.29) is 23.7 Å². The molecule has 2 aromatic heterocycles. The molecule has 0 radical (unpaired) electrons. The summed E-state index contributed by atoms with van der Waals surface area (Å²) in [5, 5.41) is 14.3. The van der Waals surface area contributed by atoms with Crippen molar-refractivity contribution in [2.45, 2.75) is 77.4 Å². The molecular formula is C28H32N6O. The van der Waals surface area contributed by atoms with Crippen LogP contribution in [0, 0.1) is 13.8 Å². The molecule has 1 fully saturated rings. The highest BCUT2D eigenvalue weighted by Gasteiger charge is 2.39. The topological polar surface area (TPSA) is 79.7 Å². The Labute approximate surface area is 205 Å². The van der Waals surface area contributed by atoms with E-state index in [0.717, 1.165) is 52.8 Å². The number of aromatic amines is 1. The number of hydrogen-bond acceptors (Lipinski definition) is 5. The molecule has 0 spiro atoms. The first kappa shape index (κ1) is 22.0. The fraction of sp³-hybridized carbons (Fsp3) is 0.429. The van der Waals surface area contributed by atoms with Gasteiger partial charge in [0.2, 0.25) is 0 Å². The van der Waals surface area contributed by atoms with Crippen LogP contribution in [0.1, 0.15) is 79.2 Å². The molecule has 2 aromatic carbocycles. The van der Waals surface area contributed by atoms with Gasteiger partial charge < -0.3 is 9.88 Å². The largest absolute Gasteiger partial charge is 0.354 e. The minimum absolute atomic E-state index is 0.0812. The van der Waals surface area contributed by atoms with Gasteiger partial charge in [-0.1, -0.05) is 43.5 Å². The van der Waals surface area contributed by atoms with Gasteiger partial charge in [0, 0.05) is 28.2 Å². The maximum atomic E-state index is 13.7. The molecule has 0 bridgehead atoms. The number of aryl methyl sites for hydroxylation is 2. The number of fused-ring (bicyclic) bond motifs is 2. The van der Waals surface area contributed by atoms with E-state index in [1.165, 1.54) is 24.8 Å². The number of anilines is 1. The Morgan fingerprint density at radius 2 is 1.86 bits per heavy atom. The summed E-state index contributed by atoms with van der Waals surface area (Å²) in [6.07, 6.45) is 6.71. The maximum Gasteiger partial charge on any atom is 0.254 e. The summed E-state index contributed by atoms with van der Waals surface area (Å²) in [5.74, 6) is 0.759. The zero-order chi connectivity index (χ0) is 24.1. The molecule has 0 unspecified atom stereocenters. The molecule has 35 heavy (non-hydrogen) atoms. The van der Waals surface area contributed by atoms with Crippen LogP contribution in [0.15, 0.2) is 47.3 Å². The van der Waals surface area contributed by atoms with Gasteiger partial charge in [0.1, 0.15) is 6.04 Å². The van der Waals surface area contributed by atoms with Crippen LogP contribution < -0.4 is 10.5 Å². The van der Waals surface area contributed by atoms with E-state index in [9.17, 15) is 4.79 Å². The first-order valence-electron chi connectivity index (χ1n) is 12.8. The zero-order valence-electron chi connectivity index (χ0n) is 20.7. The predicted molar refractivity (Wildman–Crippen MR) is 138 cm³/mol. The van der Waals surface area contributed by atoms with Gasteiger partial charge in [-0.15, -0.1) is 5.10 Å². The van der Waals surface area contributed by atoms with Gasteiger partial charge in [-0.05, 0) is 85.3 Å². The van der Waals surface area contributed by atoms with Crippen LogP contribution in [0.5, 0.6) is 0 Å². The van der Waals surface area contributed by atoms with Gasteiger partial charge in [0.15, 0.2) is 5.82 Å². The van der Waals surface area contributed by atoms with Crippen molar-refractivity contribution in [3.8, 4) is 0 Å². The van der Waals surface area contributed by atoms with Gasteiger partial charge in [-0.3, -0.25) is 4.79 Å². The standard InChI is InChI=1S/C28H32N6O/c1-17-13-18(2)22-16-23(28(35)29-24(22)14-17)26(33-19(3)15-20-9-7-8-12-25(20)33)27-30-31-32-34(27)21-10-5-4-6-11-21/h7-9,12-14,16,19,21,26H,4-6,10-11,15H2,1-3H3,(H,29,35)/t19-,26+/m0/s1. The van der Waals surface area contributed by atoms with Gasteiger partial charge in [0.05, 0.1) is 6.04 Å². The lowest BCUT2D eigenvalue weighted by Crippen LogP contribution is -2.39. The summed E-state index contributed by atoms with van der Waals surface area (Å²) in [6.45, 7) is 6.39. The third-order valence-electron chi connectivity index (χ3n) is 7.86. The second-order valence-corrected chi connectivity index (χ2v) is 10.4. The van der Waals surface area contributed by atoms with E-state index in [1.807, 2.05) is 10.7 Å². The van der Waals surface area contributed by atoms with Crippen molar-refractivity contribution in [1.29, 1.82) is 0 Å². The van der Waals surface area contributed by atoms with Crippen LogP contribution in [0.3, 0.4) is 0 Å². The van der Waals surface area contributed by atoms with Crippen LogP contribution in [0.4, 0.5) is 5.69 Å². The second-order valence-electron chi connectivity index (χ2n) is 10.4. The SMILES string of the molecule is Cc1cc(C)c2cc([C@H](c3nnnn3C3CCCCC3)N3c4ccccc4C[C@@H]3C)c(=O)[nH]c2c1. The molecule has 4 aromatic rings. The van der Waals surface area contributed by atoms with Crippen molar-refractivity contribution >= 4 is 16.6 Å². The minimum atomic E-state index is -0.376. The van der Waals surface area contributed by atoms with Crippen molar-refractivity contribution in [3.05, 3.63) is 80.9 Å². The van der Waals surface area contributed by atoms with Crippen LogP contribution in [0.2, 0.25) is 0 Å². The summed E-state index contributed by atoms with van der Waals surface area (Å²) >= 11 is 0. The summed E-state index contributed by atoms with van der Waals surface area (Å²) in [4.78, 5) is 19.2. The lowest BCUT2D eigenvalue weighted by Gasteiger charge is -2.34. The van der Waals surface area contributed by atoms with Gasteiger partial charge in [-0.25, -0.2) is 4.68 Å². The Bertz CT molecular complexity index is 1450. The van der Waals surface area contributed by atoms with Crippen molar-refractivity contribution in [1.82, 2.24) is 25.2 Å². The molecule has 2 atom stereocenters. The van der Waals surface area contributed by atoms with Crippen molar-refractivity contribution < 1.29 is 0 Å². The molecule has 7 nitrogen and oxygen atoms in total. The number of nitrogens with one attached hydrogen (secondary N) is 1. The van der Waals surface area contributed by atoms with Crippen LogP contribution in [0.25, 0.3) is 10.9 Å². The number of aromatic nitrogens is 5. The van der Waals surface area contributed by atoms with E-state index in [1.54, 1.807) is 0 Å². The number of nitrogens with zero attached hydrogens (tertiary/aromatic N) is 5. The first-order valence-corrected chi connectivity index (χ1v) is 12.8. The molecule has 1 aliphatic heterocycles. The molecule has 1 saturated carbocycles. The van der Waals surface area contributed by atoms with E-state index in [0.29, 0.717) is 5.56 Å². The third kappa shape index (κ3) is 3.74. The number of tetrazole rings is 1. The monoisotopic (exact) mass is 468 g/mol. The highest BCUT2D eigenvalue weighted by Crippen LogP contribution is 2.42. The Hall–Kier alpha value is -3.48. The molecule has 0 saturated heterocycles. The van der Waals surface area contributed by atoms with E-state index in [4.69, 9.17) is 0 Å². The van der Waals surface area contributed by atoms with Crippen molar-refractivity contribution in [2.75, 3.05) is 4.90 Å². The fourth-order valence-corrected chi connectivity index (χ4v) is 6.25. The molecule has 1 aliphatic carbocycles. The lowest BCUT2D eigenvalue weighted by atomic mass is 9.94. The highest BCUT2D eigenvalue weighted by atomic mass is 16.1. The number of hydrogen-bond donors (Lipinski definition) is 1. The van der Waals surface area contributed by atoms with E-state index in [2.05, 4.69) is 82.6 Å². The predicted octanol–water partition coefficient (Wildman–Crippen LogP) is 5.18. The Morgan fingerprint density at radius 3 is 2.69 bits per heavy atom. The number of benzene rings is 2. The van der Waals surface area contributed by atoms with Gasteiger partial charge >= 0.3 is 0 Å². The Balaban J connectivity index is 1.58. The molecule has 6 rings (SSSR count). The maximum absolute atomic E-state index is 13.7. The molecule has 0 amide bonds. The minimum Gasteiger partial charge on any atom is -0.354 e. The average molecular weight is 469 g/mol. The second kappa shape index (κ2) is 8.63. The van der Waals surface area contributed by atoms with Crippen molar-refractivity contribution in [3.63, 3.8) is 0 Å². The number of H-pyrrole nitrogens is 1. The van der Waals surface area contributed by atoms with Crippen LogP contribution >= 0.6 is 0 Å². The average Bonchev–Trinajstić information content (AvgIpc) is 3.45. The zero-order valence-corrected chi connectivity index (χ0v) is 20.7. The number of rotatable bonds is 4. The summed E-state index contributed by atoms with van der Waals surface area (Å²) in [5.41, 5.74) is 6.23. The summed E-state index contributed by atoms with van der Waals surface area (Å²) < 4.78 is 2.02. The molecule has 1 N–H and O–H groups in total. The number of para-hydroxylation sites is 1. The molecule has 180 valence electrons. The van der Waals surface area contributed by atoms with E-state index >= 15 is 0 Å². The fourth-order valence-electron chi connectivity index (χ4n) is 6.25.